The summed E-state index contributed by atoms with van der Waals surface area (Å²) in [5.74, 6) is 0.685. The zero-order valence-corrected chi connectivity index (χ0v) is 20.1. The van der Waals surface area contributed by atoms with Crippen molar-refractivity contribution >= 4 is 41.9 Å². The standard InChI is InChI=1S/C21H31N5O3.HI/c1-3-29-21(28)25-12-9-18(10-13-25)24-20(22-2)23-14-19(27)26-11-8-16-6-4-5-7-17(16)15-26;/h4-7,18H,3,8-15H2,1-2H3,(H2,22,23,24);1H. The van der Waals surface area contributed by atoms with E-state index in [2.05, 4.69) is 27.8 Å². The normalized spacial score (nSPS) is 16.9. The molecular formula is C21H32IN5O3. The van der Waals surface area contributed by atoms with Gasteiger partial charge in [-0.2, -0.15) is 0 Å². The highest BCUT2D eigenvalue weighted by atomic mass is 127. The van der Waals surface area contributed by atoms with Gasteiger partial charge >= 0.3 is 6.09 Å². The van der Waals surface area contributed by atoms with Crippen LogP contribution in [0.1, 0.15) is 30.9 Å². The van der Waals surface area contributed by atoms with E-state index in [1.807, 2.05) is 24.0 Å². The average Bonchev–Trinajstić information content (AvgIpc) is 2.76. The van der Waals surface area contributed by atoms with Crippen LogP contribution in [0.4, 0.5) is 4.79 Å². The molecule has 1 saturated heterocycles. The van der Waals surface area contributed by atoms with E-state index in [4.69, 9.17) is 4.74 Å². The summed E-state index contributed by atoms with van der Waals surface area (Å²) < 4.78 is 5.05. The maximum Gasteiger partial charge on any atom is 0.409 e. The molecule has 0 radical (unpaired) electrons. The molecule has 0 bridgehead atoms. The van der Waals surface area contributed by atoms with Gasteiger partial charge in [-0.25, -0.2) is 4.79 Å². The summed E-state index contributed by atoms with van der Waals surface area (Å²) in [4.78, 5) is 32.3. The first-order valence-electron chi connectivity index (χ1n) is 10.3. The number of piperidine rings is 1. The largest absolute Gasteiger partial charge is 0.450 e. The lowest BCUT2D eigenvalue weighted by Gasteiger charge is -2.32. The molecule has 1 aromatic rings. The van der Waals surface area contributed by atoms with Crippen molar-refractivity contribution in [1.29, 1.82) is 0 Å². The van der Waals surface area contributed by atoms with Gasteiger partial charge in [0.2, 0.25) is 5.91 Å². The molecule has 1 aromatic carbocycles. The fourth-order valence-corrected chi connectivity index (χ4v) is 3.79. The van der Waals surface area contributed by atoms with Crippen molar-refractivity contribution in [2.75, 3.05) is 39.8 Å². The maximum atomic E-state index is 12.6. The molecule has 8 nitrogen and oxygen atoms in total. The first-order valence-corrected chi connectivity index (χ1v) is 10.3. The highest BCUT2D eigenvalue weighted by Crippen LogP contribution is 2.18. The summed E-state index contributed by atoms with van der Waals surface area (Å²) >= 11 is 0. The Bertz CT molecular complexity index is 750. The molecule has 30 heavy (non-hydrogen) atoms. The van der Waals surface area contributed by atoms with E-state index in [1.165, 1.54) is 11.1 Å². The van der Waals surface area contributed by atoms with Crippen LogP contribution < -0.4 is 10.6 Å². The number of nitrogens with one attached hydrogen (secondary N) is 2. The topological polar surface area (TPSA) is 86.3 Å². The number of carbonyl (C=O) groups is 2. The molecule has 0 aliphatic carbocycles. The van der Waals surface area contributed by atoms with Gasteiger partial charge in [-0.3, -0.25) is 9.79 Å². The molecule has 2 aliphatic rings. The minimum Gasteiger partial charge on any atom is -0.450 e. The van der Waals surface area contributed by atoms with Crippen LogP contribution in [-0.2, 0) is 22.5 Å². The minimum atomic E-state index is -0.248. The highest BCUT2D eigenvalue weighted by molar-refractivity contribution is 14.0. The van der Waals surface area contributed by atoms with Crippen LogP contribution in [0.2, 0.25) is 0 Å². The predicted molar refractivity (Wildman–Crippen MR) is 127 cm³/mol. The zero-order valence-electron chi connectivity index (χ0n) is 17.7. The Morgan fingerprint density at radius 3 is 2.50 bits per heavy atom. The monoisotopic (exact) mass is 529 g/mol. The van der Waals surface area contributed by atoms with Crippen molar-refractivity contribution in [3.63, 3.8) is 0 Å². The summed E-state index contributed by atoms with van der Waals surface area (Å²) in [5.41, 5.74) is 2.55. The molecule has 0 spiro atoms. The maximum absolute atomic E-state index is 12.6. The number of nitrogens with zero attached hydrogens (tertiary/aromatic N) is 3. The third-order valence-corrected chi connectivity index (χ3v) is 5.48. The van der Waals surface area contributed by atoms with Crippen molar-refractivity contribution in [2.45, 2.75) is 38.8 Å². The second-order valence-corrected chi connectivity index (χ2v) is 7.36. The summed E-state index contributed by atoms with van der Waals surface area (Å²) in [6, 6.07) is 8.50. The fourth-order valence-electron chi connectivity index (χ4n) is 3.79. The second kappa shape index (κ2) is 12.0. The van der Waals surface area contributed by atoms with Crippen LogP contribution >= 0.6 is 24.0 Å². The Hall–Kier alpha value is -2.04. The number of rotatable bonds is 4. The van der Waals surface area contributed by atoms with Gasteiger partial charge in [-0.1, -0.05) is 24.3 Å². The summed E-state index contributed by atoms with van der Waals surface area (Å²) in [6.07, 6.45) is 2.28. The van der Waals surface area contributed by atoms with Gasteiger partial charge in [0.1, 0.15) is 0 Å². The van der Waals surface area contributed by atoms with Gasteiger partial charge in [0, 0.05) is 39.3 Å². The van der Waals surface area contributed by atoms with Crippen LogP contribution in [0.5, 0.6) is 0 Å². The van der Waals surface area contributed by atoms with E-state index in [-0.39, 0.29) is 48.6 Å². The molecule has 2 N–H and O–H groups in total. The van der Waals surface area contributed by atoms with Crippen LogP contribution in [0.25, 0.3) is 0 Å². The number of ether oxygens (including phenoxy) is 1. The Kier molecular flexibility index (Phi) is 9.67. The lowest BCUT2D eigenvalue weighted by Crippen LogP contribution is -2.51. The molecule has 166 valence electrons. The van der Waals surface area contributed by atoms with Crippen molar-refractivity contribution in [1.82, 2.24) is 20.4 Å². The molecule has 0 atom stereocenters. The molecule has 0 saturated carbocycles. The zero-order chi connectivity index (χ0) is 20.6. The molecule has 9 heteroatoms. The molecule has 3 rings (SSSR count). The summed E-state index contributed by atoms with van der Waals surface area (Å²) in [6.45, 7) is 5.13. The molecule has 2 heterocycles. The Morgan fingerprint density at radius 1 is 1.13 bits per heavy atom. The van der Waals surface area contributed by atoms with Crippen LogP contribution in [0.15, 0.2) is 29.3 Å². The first kappa shape index (κ1) is 24.2. The number of hydrogen-bond acceptors (Lipinski definition) is 4. The van der Waals surface area contributed by atoms with Crippen molar-refractivity contribution in [3.05, 3.63) is 35.4 Å². The Labute approximate surface area is 195 Å². The SMILES string of the molecule is CCOC(=O)N1CCC(NC(=NC)NCC(=O)N2CCc3ccccc3C2)CC1.I. The number of benzene rings is 1. The number of fused-ring (bicyclic) bond motifs is 1. The minimum absolute atomic E-state index is 0. The smallest absolute Gasteiger partial charge is 0.409 e. The number of guanidine groups is 1. The first-order chi connectivity index (χ1) is 14.1. The second-order valence-electron chi connectivity index (χ2n) is 7.36. The Balaban J connectivity index is 0.00000320. The summed E-state index contributed by atoms with van der Waals surface area (Å²) in [5, 5.41) is 6.49. The predicted octanol–water partition coefficient (Wildman–Crippen LogP) is 1.98. The molecule has 0 unspecified atom stereocenters. The molecule has 0 aromatic heterocycles. The van der Waals surface area contributed by atoms with Crippen molar-refractivity contribution in [3.8, 4) is 0 Å². The van der Waals surface area contributed by atoms with Crippen molar-refractivity contribution in [2.24, 2.45) is 4.99 Å². The lowest BCUT2D eigenvalue weighted by atomic mass is 10.00. The molecule has 1 fully saturated rings. The highest BCUT2D eigenvalue weighted by Gasteiger charge is 2.25. The number of aliphatic imine (C=N–C) groups is 1. The van der Waals surface area contributed by atoms with Crippen LogP contribution in [-0.4, -0.2) is 73.6 Å². The van der Waals surface area contributed by atoms with E-state index in [0.29, 0.717) is 32.2 Å². The quantitative estimate of drug-likeness (QED) is 0.354. The number of hydrogen-bond donors (Lipinski definition) is 2. The van der Waals surface area contributed by atoms with E-state index in [0.717, 1.165) is 25.8 Å². The number of halogens is 1. The van der Waals surface area contributed by atoms with Gasteiger partial charge in [-0.05, 0) is 37.3 Å². The number of carbonyl (C=O) groups excluding carboxylic acids is 2. The molecular weight excluding hydrogens is 497 g/mol. The number of amides is 2. The van der Waals surface area contributed by atoms with E-state index in [1.54, 1.807) is 11.9 Å². The third-order valence-electron chi connectivity index (χ3n) is 5.48. The van der Waals surface area contributed by atoms with Crippen molar-refractivity contribution < 1.29 is 14.3 Å². The van der Waals surface area contributed by atoms with Gasteiger partial charge < -0.3 is 25.2 Å². The average molecular weight is 529 g/mol. The van der Waals surface area contributed by atoms with Gasteiger partial charge in [0.15, 0.2) is 5.96 Å². The molecule has 2 amide bonds. The van der Waals surface area contributed by atoms with Gasteiger partial charge in [-0.15, -0.1) is 24.0 Å². The third kappa shape index (κ3) is 6.48. The number of likely N-dealkylation sites (tertiary alicyclic amines) is 1. The van der Waals surface area contributed by atoms with E-state index in [9.17, 15) is 9.59 Å². The lowest BCUT2D eigenvalue weighted by molar-refractivity contribution is -0.130. The van der Waals surface area contributed by atoms with Crippen LogP contribution in [0, 0.1) is 0 Å². The van der Waals surface area contributed by atoms with Crippen LogP contribution in [0.3, 0.4) is 0 Å². The molecule has 2 aliphatic heterocycles. The van der Waals surface area contributed by atoms with Gasteiger partial charge in [0.05, 0.1) is 13.2 Å². The van der Waals surface area contributed by atoms with Gasteiger partial charge in [0.25, 0.3) is 0 Å². The Morgan fingerprint density at radius 2 is 1.83 bits per heavy atom. The van der Waals surface area contributed by atoms with E-state index < -0.39 is 0 Å². The summed E-state index contributed by atoms with van der Waals surface area (Å²) in [7, 11) is 1.70. The fraction of sp³-hybridized carbons (Fsp3) is 0.571. The van der Waals surface area contributed by atoms with E-state index >= 15 is 0 Å².